The van der Waals surface area contributed by atoms with Crippen molar-refractivity contribution in [1.82, 2.24) is 9.55 Å². The highest BCUT2D eigenvalue weighted by Gasteiger charge is 2.23. The maximum absolute atomic E-state index is 12.7. The first-order valence-electron chi connectivity index (χ1n) is 11.3. The third-order valence-electron chi connectivity index (χ3n) is 5.10. The molecule has 0 aliphatic carbocycles. The van der Waals surface area contributed by atoms with E-state index in [4.69, 9.17) is 22.1 Å². The summed E-state index contributed by atoms with van der Waals surface area (Å²) in [6.45, 7) is 2.44. The van der Waals surface area contributed by atoms with Gasteiger partial charge in [0.2, 0.25) is 5.71 Å². The minimum Gasteiger partial charge on any atom is -0.437 e. The van der Waals surface area contributed by atoms with Gasteiger partial charge in [-0.15, -0.1) is 0 Å². The van der Waals surface area contributed by atoms with Crippen LogP contribution >= 0.6 is 25.7 Å². The van der Waals surface area contributed by atoms with Gasteiger partial charge in [-0.2, -0.15) is 4.98 Å². The largest absolute Gasteiger partial charge is 0.437 e. The summed E-state index contributed by atoms with van der Waals surface area (Å²) in [5.74, 6) is 0.661. The van der Waals surface area contributed by atoms with Crippen LogP contribution in [0.25, 0.3) is 22.4 Å². The lowest BCUT2D eigenvalue weighted by Gasteiger charge is -2.14. The predicted octanol–water partition coefficient (Wildman–Crippen LogP) is 6.48. The maximum atomic E-state index is 12.7. The van der Waals surface area contributed by atoms with Gasteiger partial charge in [0.05, 0.1) is 11.5 Å². The van der Waals surface area contributed by atoms with Gasteiger partial charge in [-0.1, -0.05) is 56.2 Å². The Bertz CT molecular complexity index is 1200. The summed E-state index contributed by atoms with van der Waals surface area (Å²) in [5, 5.41) is 0.722. The number of unbranched alkanes of at least 4 members (excludes halogenated alkanes) is 2. The summed E-state index contributed by atoms with van der Waals surface area (Å²) in [6, 6.07) is 10.2. The Morgan fingerprint density at radius 1 is 1.09 bits per heavy atom. The quantitative estimate of drug-likeness (QED) is 0.123. The minimum atomic E-state index is -3.40. The molecule has 12 heteroatoms. The number of aryl methyl sites for hydroxylation is 1. The monoisotopic (exact) mass is 540 g/mol. The number of fused-ring (bicyclic) bond motifs is 1. The molecule has 3 aromatic rings. The number of hydrogen-bond acceptors (Lipinski definition) is 8. The van der Waals surface area contributed by atoms with E-state index in [1.807, 2.05) is 18.2 Å². The van der Waals surface area contributed by atoms with Crippen LogP contribution in [0.15, 0.2) is 57.9 Å². The van der Waals surface area contributed by atoms with Gasteiger partial charge in [-0.25, -0.2) is 4.79 Å². The van der Waals surface area contributed by atoms with Crippen LogP contribution in [0.2, 0.25) is 0 Å². The summed E-state index contributed by atoms with van der Waals surface area (Å²) >= 11 is 0. The Morgan fingerprint density at radius 2 is 1.80 bits per heavy atom. The van der Waals surface area contributed by atoms with Gasteiger partial charge in [0.15, 0.2) is 18.1 Å². The Morgan fingerprint density at radius 3 is 2.46 bits per heavy atom. The molecule has 2 heterocycles. The Kier molecular flexibility index (Phi) is 11.3. The Balaban J connectivity index is 1.68. The molecule has 0 fully saturated rings. The molecule has 3 rings (SSSR count). The number of hydrogen-bond donors (Lipinski definition) is 0. The molecule has 0 N–H and O–H groups in total. The highest BCUT2D eigenvalue weighted by atomic mass is 31.3. The number of furan rings is 1. The lowest BCUT2D eigenvalue weighted by molar-refractivity contribution is 0.355. The molecular formula is C23H31N2O7P3. The molecule has 2 unspecified atom stereocenters. The zero-order valence-electron chi connectivity index (χ0n) is 20.1. The number of aromatic nitrogens is 2. The number of nitrogens with zero attached hydrogens (tertiary/aromatic N) is 2. The van der Waals surface area contributed by atoms with Crippen LogP contribution in [-0.2, 0) is 35.2 Å². The second-order valence-corrected chi connectivity index (χ2v) is 11.9. The molecule has 0 amide bonds. The zero-order chi connectivity index (χ0) is 25.1. The fourth-order valence-electron chi connectivity index (χ4n) is 3.31. The third kappa shape index (κ3) is 8.44. The predicted molar refractivity (Wildman–Crippen MR) is 141 cm³/mol. The van der Waals surface area contributed by atoms with Crippen LogP contribution in [0.5, 0.6) is 0 Å². The maximum Gasteiger partial charge on any atom is 0.351 e. The van der Waals surface area contributed by atoms with E-state index < -0.39 is 31.4 Å². The molecule has 0 saturated carbocycles. The van der Waals surface area contributed by atoms with E-state index in [1.54, 1.807) is 18.3 Å². The first-order valence-corrected chi connectivity index (χ1v) is 14.6. The molecule has 2 atom stereocenters. The van der Waals surface area contributed by atoms with E-state index >= 15 is 0 Å². The molecule has 2 aromatic heterocycles. The third-order valence-corrected chi connectivity index (χ3v) is 8.92. The zero-order valence-corrected chi connectivity index (χ0v) is 23.0. The molecule has 0 aliphatic heterocycles. The fraction of sp³-hybridized carbons (Fsp3) is 0.391. The average molecular weight is 540 g/mol. The summed E-state index contributed by atoms with van der Waals surface area (Å²) < 4.78 is 40.1. The number of allylic oxidation sites excluding steroid dienone is 2. The molecule has 0 radical (unpaired) electrons. The lowest BCUT2D eigenvalue weighted by Crippen LogP contribution is -2.21. The van der Waals surface area contributed by atoms with Crippen molar-refractivity contribution in [2.24, 2.45) is 0 Å². The van der Waals surface area contributed by atoms with Gasteiger partial charge < -0.3 is 13.5 Å². The molecule has 0 bridgehead atoms. The topological polar surface area (TPSA) is 102 Å². The Labute approximate surface area is 208 Å². The van der Waals surface area contributed by atoms with Gasteiger partial charge >= 0.3 is 13.3 Å². The van der Waals surface area contributed by atoms with Crippen LogP contribution in [-0.4, -0.2) is 29.9 Å². The van der Waals surface area contributed by atoms with Crippen LogP contribution < -0.4 is 5.69 Å². The molecule has 0 aliphatic rings. The van der Waals surface area contributed by atoms with Crippen molar-refractivity contribution in [3.8, 4) is 11.3 Å². The SMILES string of the molecule is CCCCCc1ccc(-c2cc3cn(C/C=C/CP(=O)(OPOC)OPOC)c(=O)nc3o2)cc1. The summed E-state index contributed by atoms with van der Waals surface area (Å²) in [5.41, 5.74) is 2.09. The van der Waals surface area contributed by atoms with Crippen molar-refractivity contribution in [3.05, 3.63) is 64.7 Å². The summed E-state index contributed by atoms with van der Waals surface area (Å²) in [7, 11) is -1.33. The van der Waals surface area contributed by atoms with Crippen molar-refractivity contribution >= 4 is 36.8 Å². The molecule has 190 valence electrons. The van der Waals surface area contributed by atoms with Gasteiger partial charge in [-0.05, 0) is 24.5 Å². The molecule has 9 nitrogen and oxygen atoms in total. The molecule has 0 saturated heterocycles. The van der Waals surface area contributed by atoms with E-state index in [1.165, 1.54) is 43.6 Å². The normalized spacial score (nSPS) is 14.3. The van der Waals surface area contributed by atoms with Crippen molar-refractivity contribution in [1.29, 1.82) is 0 Å². The number of benzene rings is 1. The average Bonchev–Trinajstić information content (AvgIpc) is 3.27. The van der Waals surface area contributed by atoms with E-state index in [2.05, 4.69) is 24.0 Å². The molecular weight excluding hydrogens is 509 g/mol. The van der Waals surface area contributed by atoms with Crippen LogP contribution in [0.3, 0.4) is 0 Å². The highest BCUT2D eigenvalue weighted by Crippen LogP contribution is 2.57. The van der Waals surface area contributed by atoms with Crippen LogP contribution in [0.1, 0.15) is 31.7 Å². The Hall–Kier alpha value is -1.69. The second kappa shape index (κ2) is 14.2. The lowest BCUT2D eigenvalue weighted by atomic mass is 10.0. The van der Waals surface area contributed by atoms with E-state index in [0.717, 1.165) is 17.4 Å². The molecule has 0 spiro atoms. The first-order chi connectivity index (χ1) is 17.0. The van der Waals surface area contributed by atoms with Crippen LogP contribution in [0.4, 0.5) is 0 Å². The van der Waals surface area contributed by atoms with Gasteiger partial charge in [0, 0.05) is 32.5 Å². The van der Waals surface area contributed by atoms with E-state index in [0.29, 0.717) is 11.5 Å². The number of rotatable bonds is 15. The van der Waals surface area contributed by atoms with Crippen molar-refractivity contribution in [2.75, 3.05) is 20.4 Å². The van der Waals surface area contributed by atoms with Crippen molar-refractivity contribution < 1.29 is 26.7 Å². The molecule has 1 aromatic carbocycles. The fourth-order valence-corrected chi connectivity index (χ4v) is 6.30. The highest BCUT2D eigenvalue weighted by molar-refractivity contribution is 7.63. The van der Waals surface area contributed by atoms with Gasteiger partial charge in [-0.3, -0.25) is 17.8 Å². The smallest absolute Gasteiger partial charge is 0.351 e. The van der Waals surface area contributed by atoms with E-state index in [9.17, 15) is 9.36 Å². The van der Waals surface area contributed by atoms with Crippen molar-refractivity contribution in [2.45, 2.75) is 39.2 Å². The van der Waals surface area contributed by atoms with Crippen molar-refractivity contribution in [3.63, 3.8) is 0 Å². The standard InChI is InChI=1S/C23H31N2O7P3/c1-4-5-6-9-18-10-12-19(13-11-18)21-16-20-17-25(23(26)24-22(20)30-21)14-7-8-15-35(27,31-33-28-2)32-34-29-3/h7-8,10-13,16-17,33-34H,4-6,9,14-15H2,1-3H3/b8-7+. The minimum absolute atomic E-state index is 0.0223. The van der Waals surface area contributed by atoms with Gasteiger partial charge in [0.25, 0.3) is 0 Å². The second-order valence-electron chi connectivity index (χ2n) is 7.72. The first kappa shape index (κ1) is 27.9. The molecule has 35 heavy (non-hydrogen) atoms. The van der Waals surface area contributed by atoms with Gasteiger partial charge in [0.1, 0.15) is 5.76 Å². The summed E-state index contributed by atoms with van der Waals surface area (Å²) in [4.78, 5) is 16.5. The van der Waals surface area contributed by atoms with E-state index in [-0.39, 0.29) is 12.7 Å². The van der Waals surface area contributed by atoms with Crippen LogP contribution in [0, 0.1) is 0 Å². The summed E-state index contributed by atoms with van der Waals surface area (Å²) in [6.07, 6.45) is 9.75.